The van der Waals surface area contributed by atoms with Gasteiger partial charge in [-0.25, -0.2) is 0 Å². The van der Waals surface area contributed by atoms with E-state index < -0.39 is 15.2 Å². The second kappa shape index (κ2) is 7.96. The molecule has 36 heavy (non-hydrogen) atoms. The lowest BCUT2D eigenvalue weighted by Gasteiger charge is -2.53. The van der Waals surface area contributed by atoms with Crippen molar-refractivity contribution in [1.29, 1.82) is 0 Å². The maximum Gasteiger partial charge on any atom is 0.0455 e. The largest absolute Gasteiger partial charge is 0.0806 e. The van der Waals surface area contributed by atoms with Crippen LogP contribution in [0.25, 0.3) is 0 Å². The highest BCUT2D eigenvalue weighted by molar-refractivity contribution is 7.41. The van der Waals surface area contributed by atoms with Crippen LogP contribution in [0.2, 0.25) is 37.3 Å². The molecule has 0 saturated heterocycles. The van der Waals surface area contributed by atoms with Gasteiger partial charge in [-0.15, -0.1) is 0 Å². The van der Waals surface area contributed by atoms with E-state index in [1.807, 2.05) is 11.1 Å². The van der Waals surface area contributed by atoms with Gasteiger partial charge in [0.25, 0.3) is 0 Å². The maximum absolute atomic E-state index is 2.90. The summed E-state index contributed by atoms with van der Waals surface area (Å²) >= 11 is 0. The molecule has 7 unspecified atom stereocenters. The minimum Gasteiger partial charge on any atom is -0.0806 e. The zero-order valence-corrected chi connectivity index (χ0v) is 27.2. The molecule has 6 aliphatic rings. The summed E-state index contributed by atoms with van der Waals surface area (Å²) in [6.45, 7) is 27.0. The van der Waals surface area contributed by atoms with Gasteiger partial charge < -0.3 is 0 Å². The van der Waals surface area contributed by atoms with Gasteiger partial charge in [-0.05, 0) is 107 Å². The summed E-state index contributed by atoms with van der Waals surface area (Å²) in [5, 5.41) is 0. The van der Waals surface area contributed by atoms with Crippen molar-refractivity contribution in [1.82, 2.24) is 0 Å². The topological polar surface area (TPSA) is 0 Å². The summed E-state index contributed by atoms with van der Waals surface area (Å²) in [5.74, 6) is 5.18. The Morgan fingerprint density at radius 2 is 1.19 bits per heavy atom. The lowest BCUT2D eigenvalue weighted by atomic mass is 9.81. The lowest BCUT2D eigenvalue weighted by molar-refractivity contribution is 0.374. The second-order valence-electron chi connectivity index (χ2n) is 17.1. The van der Waals surface area contributed by atoms with Crippen LogP contribution in [-0.4, -0.2) is 15.2 Å². The first-order valence-corrected chi connectivity index (χ1v) is 22.6. The highest BCUT2D eigenvalue weighted by atomic mass is 29.3. The van der Waals surface area contributed by atoms with Crippen LogP contribution in [0.3, 0.4) is 0 Å². The molecule has 0 aromatic rings. The van der Waals surface area contributed by atoms with Gasteiger partial charge in [0, 0.05) is 15.2 Å². The molecule has 0 spiro atoms. The van der Waals surface area contributed by atoms with E-state index >= 15 is 0 Å². The lowest BCUT2D eigenvalue weighted by Crippen LogP contribution is -2.63. The molecule has 2 heteroatoms. The van der Waals surface area contributed by atoms with Crippen LogP contribution < -0.4 is 0 Å². The van der Waals surface area contributed by atoms with Crippen molar-refractivity contribution in [2.75, 3.05) is 0 Å². The van der Waals surface area contributed by atoms with Crippen molar-refractivity contribution < 1.29 is 0 Å². The predicted molar refractivity (Wildman–Crippen MR) is 162 cm³/mol. The van der Waals surface area contributed by atoms with E-state index in [4.69, 9.17) is 0 Å². The quantitative estimate of drug-likeness (QED) is 0.326. The Hall–Kier alpha value is -0.606. The first-order chi connectivity index (χ1) is 16.6. The van der Waals surface area contributed by atoms with Crippen LogP contribution in [0.15, 0.2) is 46.6 Å². The normalized spacial score (nSPS) is 42.6. The zero-order valence-electron chi connectivity index (χ0n) is 25.2. The van der Waals surface area contributed by atoms with E-state index in [0.29, 0.717) is 10.8 Å². The average molecular weight is 519 g/mol. The van der Waals surface area contributed by atoms with Crippen molar-refractivity contribution in [2.24, 2.45) is 46.3 Å². The molecule has 0 N–H and O–H groups in total. The van der Waals surface area contributed by atoms with Gasteiger partial charge in [-0.3, -0.25) is 0 Å². The van der Waals surface area contributed by atoms with Crippen LogP contribution in [0.5, 0.6) is 0 Å². The van der Waals surface area contributed by atoms with E-state index in [9.17, 15) is 0 Å². The molecule has 0 heterocycles. The van der Waals surface area contributed by atoms with E-state index in [2.05, 4.69) is 92.0 Å². The molecule has 2 fully saturated rings. The SMILES string of the molecule is CC1CC2C3=C(C=CC2C1[Si](C)(C)[Si](C)(C)C1C2C4=C(C=CC2C[C@@H]1C)CC(C)(C)C4)CC(C)(C)C3. The third-order valence-corrected chi connectivity index (χ3v) is 33.5. The third-order valence-electron chi connectivity index (χ3n) is 13.0. The third kappa shape index (κ3) is 3.62. The second-order valence-corrected chi connectivity index (χ2v) is 33.1. The molecule has 8 atom stereocenters. The molecule has 0 bridgehead atoms. The molecule has 2 saturated carbocycles. The number of allylic oxidation sites excluding steroid dienone is 8. The molecule has 0 nitrogen and oxygen atoms in total. The van der Waals surface area contributed by atoms with E-state index in [-0.39, 0.29) is 0 Å². The van der Waals surface area contributed by atoms with Gasteiger partial charge in [0.15, 0.2) is 0 Å². The highest BCUT2D eigenvalue weighted by Crippen LogP contribution is 2.66. The molecular formula is C34H54Si2. The number of rotatable bonds is 3. The maximum atomic E-state index is 2.90. The molecular weight excluding hydrogens is 465 g/mol. The van der Waals surface area contributed by atoms with E-state index in [1.54, 1.807) is 11.1 Å². The molecule has 6 aliphatic carbocycles. The monoisotopic (exact) mass is 518 g/mol. The molecule has 0 amide bonds. The average Bonchev–Trinajstić information content (AvgIpc) is 3.44. The fourth-order valence-electron chi connectivity index (χ4n) is 11.3. The Morgan fingerprint density at radius 3 is 1.86 bits per heavy atom. The fraction of sp³-hybridized carbons (Fsp3) is 0.765. The standard InChI is InChI=1S/C34H54Si2/c1-21-15-23-11-12-25-18-34(5,6)20-29(25)30(23)32(21)36(9,10)35(7,8)31-22(2)16-27-26(31)14-13-24-17-33(3,4)19-28(24)27/h11-14,21-23,26-27,30-32H,15-20H2,1-10H3/t21-,22?,23?,26?,27?,30?,31?,32?/m0/s1. The summed E-state index contributed by atoms with van der Waals surface area (Å²) in [5.41, 5.74) is 10.2. The first kappa shape index (κ1) is 25.7. The Bertz CT molecular complexity index is 1080. The summed E-state index contributed by atoms with van der Waals surface area (Å²) in [7, 11) is -2.99. The summed E-state index contributed by atoms with van der Waals surface area (Å²) in [6, 6.07) is 0. The van der Waals surface area contributed by atoms with Crippen molar-refractivity contribution in [2.45, 2.75) is 117 Å². The van der Waals surface area contributed by atoms with Gasteiger partial charge in [-0.1, -0.05) is 103 Å². The zero-order chi connectivity index (χ0) is 26.0. The van der Waals surface area contributed by atoms with Crippen molar-refractivity contribution in [3.63, 3.8) is 0 Å². The van der Waals surface area contributed by atoms with Gasteiger partial charge in [-0.2, -0.15) is 0 Å². The van der Waals surface area contributed by atoms with Crippen molar-refractivity contribution in [3.8, 4) is 0 Å². The molecule has 198 valence electrons. The molecule has 0 aromatic heterocycles. The Morgan fingerprint density at radius 1 is 0.667 bits per heavy atom. The number of fused-ring (bicyclic) bond motifs is 4. The smallest absolute Gasteiger partial charge is 0.0455 e. The molecule has 0 aromatic carbocycles. The Kier molecular flexibility index (Phi) is 5.68. The number of hydrogen-bond donors (Lipinski definition) is 0. The fourth-order valence-corrected chi connectivity index (χ4v) is 26.8. The molecule has 0 radical (unpaired) electrons. The Balaban J connectivity index is 1.33. The van der Waals surface area contributed by atoms with Gasteiger partial charge in [0.2, 0.25) is 0 Å². The Labute approximate surface area is 225 Å². The van der Waals surface area contributed by atoms with Crippen LogP contribution in [-0.2, 0) is 0 Å². The van der Waals surface area contributed by atoms with E-state index in [0.717, 1.165) is 46.6 Å². The van der Waals surface area contributed by atoms with Gasteiger partial charge >= 0.3 is 0 Å². The minimum atomic E-state index is -1.50. The molecule has 6 rings (SSSR count). The van der Waals surface area contributed by atoms with Crippen molar-refractivity contribution in [3.05, 3.63) is 46.6 Å². The first-order valence-electron chi connectivity index (χ1n) is 15.4. The van der Waals surface area contributed by atoms with Crippen LogP contribution in [0.1, 0.15) is 80.1 Å². The predicted octanol–water partition coefficient (Wildman–Crippen LogP) is 10.1. The highest BCUT2D eigenvalue weighted by Gasteiger charge is 2.62. The summed E-state index contributed by atoms with van der Waals surface area (Å²) in [4.78, 5) is 0. The van der Waals surface area contributed by atoms with E-state index in [1.165, 1.54) is 38.5 Å². The number of hydrogen-bond acceptors (Lipinski definition) is 0. The molecule has 0 aliphatic heterocycles. The van der Waals surface area contributed by atoms with Crippen molar-refractivity contribution >= 4 is 15.2 Å². The summed E-state index contributed by atoms with van der Waals surface area (Å²) in [6.07, 6.45) is 18.9. The van der Waals surface area contributed by atoms with Crippen LogP contribution in [0.4, 0.5) is 0 Å². The van der Waals surface area contributed by atoms with Gasteiger partial charge in [0.05, 0.1) is 0 Å². The minimum absolute atomic E-state index is 0.472. The van der Waals surface area contributed by atoms with Crippen LogP contribution >= 0.6 is 0 Å². The van der Waals surface area contributed by atoms with Crippen LogP contribution in [0, 0.1) is 46.3 Å². The van der Waals surface area contributed by atoms with Gasteiger partial charge in [0.1, 0.15) is 0 Å². The summed E-state index contributed by atoms with van der Waals surface area (Å²) < 4.78 is 0.